The van der Waals surface area contributed by atoms with Crippen LogP contribution >= 0.6 is 0 Å². The summed E-state index contributed by atoms with van der Waals surface area (Å²) >= 11 is 0. The molecule has 0 aliphatic carbocycles. The molecule has 0 radical (unpaired) electrons. The third-order valence-electron chi connectivity index (χ3n) is 3.99. The molecule has 0 bridgehead atoms. The second kappa shape index (κ2) is 7.23. The zero-order valence-corrected chi connectivity index (χ0v) is 14.9. The van der Waals surface area contributed by atoms with Crippen LogP contribution in [0, 0.1) is 12.8 Å². The number of nitrogens with zero attached hydrogens (tertiary/aromatic N) is 2. The van der Waals surface area contributed by atoms with E-state index in [1.807, 2.05) is 32.6 Å². The number of aryl methyl sites for hydroxylation is 2. The highest BCUT2D eigenvalue weighted by molar-refractivity contribution is 5.68. The lowest BCUT2D eigenvalue weighted by molar-refractivity contribution is 0.0172. The Kier molecular flexibility index (Phi) is 5.55. The van der Waals surface area contributed by atoms with E-state index in [4.69, 9.17) is 9.26 Å². The fourth-order valence-corrected chi connectivity index (χ4v) is 2.85. The van der Waals surface area contributed by atoms with Crippen LogP contribution in [0.2, 0.25) is 0 Å². The number of ether oxygens (including phenoxy) is 1. The van der Waals surface area contributed by atoms with E-state index in [9.17, 15) is 4.79 Å². The molecule has 1 atom stereocenters. The quantitative estimate of drug-likeness (QED) is 0.917. The average molecular weight is 323 g/mol. The average Bonchev–Trinajstić information content (AvgIpc) is 2.84. The Balaban J connectivity index is 1.89. The van der Waals surface area contributed by atoms with E-state index in [0.717, 1.165) is 56.0 Å². The summed E-state index contributed by atoms with van der Waals surface area (Å²) in [5.41, 5.74) is 1.45. The van der Waals surface area contributed by atoms with Crippen molar-refractivity contribution >= 4 is 11.8 Å². The Hall–Kier alpha value is -1.72. The zero-order valence-electron chi connectivity index (χ0n) is 14.9. The molecule has 6 heteroatoms. The molecule has 0 spiro atoms. The lowest BCUT2D eigenvalue weighted by Gasteiger charge is -2.34. The minimum atomic E-state index is -0.447. The van der Waals surface area contributed by atoms with E-state index in [0.29, 0.717) is 5.92 Å². The second-order valence-corrected chi connectivity index (χ2v) is 7.24. The Morgan fingerprint density at radius 3 is 2.87 bits per heavy atom. The summed E-state index contributed by atoms with van der Waals surface area (Å²) in [5, 5.41) is 7.47. The smallest absolute Gasteiger partial charge is 0.410 e. The van der Waals surface area contributed by atoms with E-state index in [1.165, 1.54) is 0 Å². The predicted molar refractivity (Wildman–Crippen MR) is 89.6 cm³/mol. The molecule has 1 aromatic heterocycles. The summed E-state index contributed by atoms with van der Waals surface area (Å²) in [5.74, 6) is 1.30. The fourth-order valence-electron chi connectivity index (χ4n) is 2.85. The van der Waals surface area contributed by atoms with Crippen LogP contribution < -0.4 is 5.32 Å². The Bertz CT molecular complexity index is 534. The molecule has 0 aromatic carbocycles. The number of carbonyl (C=O) groups excluding carboxylic acids is 1. The minimum absolute atomic E-state index is 0.211. The van der Waals surface area contributed by atoms with Gasteiger partial charge in [-0.3, -0.25) is 0 Å². The van der Waals surface area contributed by atoms with E-state index < -0.39 is 5.60 Å². The van der Waals surface area contributed by atoms with Gasteiger partial charge in [-0.2, -0.15) is 0 Å². The van der Waals surface area contributed by atoms with E-state index in [2.05, 4.69) is 17.4 Å². The maximum Gasteiger partial charge on any atom is 0.410 e. The van der Waals surface area contributed by atoms with Gasteiger partial charge in [0.2, 0.25) is 0 Å². The van der Waals surface area contributed by atoms with Crippen molar-refractivity contribution in [1.82, 2.24) is 10.1 Å². The first-order chi connectivity index (χ1) is 10.8. The van der Waals surface area contributed by atoms with Gasteiger partial charge in [-0.05, 0) is 46.5 Å². The number of carbonyl (C=O) groups is 1. The van der Waals surface area contributed by atoms with E-state index >= 15 is 0 Å². The molecule has 1 fully saturated rings. The summed E-state index contributed by atoms with van der Waals surface area (Å²) in [6.45, 7) is 12.0. The van der Waals surface area contributed by atoms with Gasteiger partial charge >= 0.3 is 6.09 Å². The van der Waals surface area contributed by atoms with Gasteiger partial charge in [-0.15, -0.1) is 0 Å². The first kappa shape index (κ1) is 17.6. The number of piperidine rings is 1. The van der Waals surface area contributed by atoms with E-state index in [-0.39, 0.29) is 6.09 Å². The zero-order chi connectivity index (χ0) is 17.0. The van der Waals surface area contributed by atoms with Gasteiger partial charge in [0, 0.05) is 26.1 Å². The lowest BCUT2D eigenvalue weighted by Crippen LogP contribution is -2.44. The van der Waals surface area contributed by atoms with Crippen LogP contribution in [0.15, 0.2) is 4.52 Å². The number of hydrogen-bond donors (Lipinski definition) is 1. The van der Waals surface area contributed by atoms with Crippen LogP contribution in [-0.2, 0) is 11.2 Å². The normalized spacial score (nSPS) is 18.8. The molecule has 2 rings (SSSR count). The van der Waals surface area contributed by atoms with Gasteiger partial charge in [-0.25, -0.2) is 4.79 Å². The van der Waals surface area contributed by atoms with Crippen LogP contribution in [0.5, 0.6) is 0 Å². The van der Waals surface area contributed by atoms with Crippen molar-refractivity contribution in [1.29, 1.82) is 0 Å². The van der Waals surface area contributed by atoms with Crippen molar-refractivity contribution in [2.45, 2.75) is 59.5 Å². The number of amides is 1. The van der Waals surface area contributed by atoms with Crippen LogP contribution in [0.3, 0.4) is 0 Å². The van der Waals surface area contributed by atoms with Crippen molar-refractivity contribution in [2.24, 2.45) is 5.92 Å². The number of anilines is 1. The topological polar surface area (TPSA) is 67.6 Å². The summed E-state index contributed by atoms with van der Waals surface area (Å²) in [4.78, 5) is 14.0. The molecular formula is C17H29N3O3. The Labute approximate surface area is 138 Å². The van der Waals surface area contributed by atoms with Crippen molar-refractivity contribution in [3.8, 4) is 0 Å². The maximum atomic E-state index is 12.2. The van der Waals surface area contributed by atoms with Crippen molar-refractivity contribution in [3.05, 3.63) is 11.5 Å². The predicted octanol–water partition coefficient (Wildman–Crippen LogP) is 3.60. The van der Waals surface area contributed by atoms with Crippen LogP contribution in [0.1, 0.15) is 52.0 Å². The van der Waals surface area contributed by atoms with Crippen molar-refractivity contribution in [3.63, 3.8) is 0 Å². The Morgan fingerprint density at radius 2 is 2.22 bits per heavy atom. The van der Waals surface area contributed by atoms with Gasteiger partial charge in [0.1, 0.15) is 17.0 Å². The van der Waals surface area contributed by atoms with Crippen LogP contribution in [0.4, 0.5) is 10.5 Å². The highest BCUT2D eigenvalue weighted by Crippen LogP contribution is 2.23. The summed E-state index contributed by atoms with van der Waals surface area (Å²) in [6.07, 6.45) is 2.72. The molecule has 0 unspecified atom stereocenters. The third-order valence-corrected chi connectivity index (χ3v) is 3.99. The van der Waals surface area contributed by atoms with E-state index in [1.54, 1.807) is 0 Å². The molecule has 130 valence electrons. The molecule has 1 aliphatic heterocycles. The molecule has 1 aliphatic rings. The summed E-state index contributed by atoms with van der Waals surface area (Å²) in [7, 11) is 0. The van der Waals surface area contributed by atoms with Crippen LogP contribution in [0.25, 0.3) is 0 Å². The standard InChI is InChI=1S/C17H29N3O3/c1-6-14-15(12(2)19-23-14)18-10-13-8-7-9-20(11-13)16(21)22-17(3,4)5/h13,18H,6-11H2,1-5H3/t13-/m0/s1. The Morgan fingerprint density at radius 1 is 1.48 bits per heavy atom. The SMILES string of the molecule is CCc1onc(C)c1NC[C@@H]1CCCN(C(=O)OC(C)(C)C)C1. The molecule has 1 aromatic rings. The number of likely N-dealkylation sites (tertiary alicyclic amines) is 1. The number of aromatic nitrogens is 1. The monoisotopic (exact) mass is 323 g/mol. The van der Waals surface area contributed by atoms with Gasteiger partial charge in [0.15, 0.2) is 5.76 Å². The fraction of sp³-hybridized carbons (Fsp3) is 0.765. The first-order valence-corrected chi connectivity index (χ1v) is 8.47. The molecule has 1 saturated heterocycles. The number of hydrogen-bond acceptors (Lipinski definition) is 5. The molecule has 1 amide bonds. The van der Waals surface area contributed by atoms with Gasteiger partial charge in [-0.1, -0.05) is 12.1 Å². The second-order valence-electron chi connectivity index (χ2n) is 7.24. The molecule has 2 heterocycles. The van der Waals surface area contributed by atoms with Gasteiger partial charge < -0.3 is 19.5 Å². The minimum Gasteiger partial charge on any atom is -0.444 e. The van der Waals surface area contributed by atoms with Crippen molar-refractivity contribution < 1.29 is 14.1 Å². The highest BCUT2D eigenvalue weighted by atomic mass is 16.6. The van der Waals surface area contributed by atoms with Crippen molar-refractivity contribution in [2.75, 3.05) is 25.0 Å². The molecule has 23 heavy (non-hydrogen) atoms. The summed E-state index contributed by atoms with van der Waals surface area (Å²) < 4.78 is 10.8. The lowest BCUT2D eigenvalue weighted by atomic mass is 9.98. The van der Waals surface area contributed by atoms with Crippen LogP contribution in [-0.4, -0.2) is 41.4 Å². The first-order valence-electron chi connectivity index (χ1n) is 8.47. The molecule has 0 saturated carbocycles. The number of rotatable bonds is 4. The number of nitrogens with one attached hydrogen (secondary N) is 1. The molecular weight excluding hydrogens is 294 g/mol. The summed E-state index contributed by atoms with van der Waals surface area (Å²) in [6, 6.07) is 0. The molecule has 1 N–H and O–H groups in total. The van der Waals surface area contributed by atoms with Gasteiger partial charge in [0.05, 0.1) is 0 Å². The third kappa shape index (κ3) is 4.88. The van der Waals surface area contributed by atoms with Gasteiger partial charge in [0.25, 0.3) is 0 Å². The maximum absolute atomic E-state index is 12.2. The molecule has 6 nitrogen and oxygen atoms in total. The largest absolute Gasteiger partial charge is 0.444 e. The highest BCUT2D eigenvalue weighted by Gasteiger charge is 2.27.